The van der Waals surface area contributed by atoms with Gasteiger partial charge >= 0.3 is 0 Å². The van der Waals surface area contributed by atoms with E-state index in [4.69, 9.17) is 4.74 Å². The van der Waals surface area contributed by atoms with Gasteiger partial charge in [-0.2, -0.15) is 0 Å². The van der Waals surface area contributed by atoms with E-state index in [2.05, 4.69) is 51.4 Å². The van der Waals surface area contributed by atoms with Gasteiger partial charge in [0.2, 0.25) is 0 Å². The van der Waals surface area contributed by atoms with Gasteiger partial charge in [0.05, 0.1) is 12.7 Å². The van der Waals surface area contributed by atoms with Gasteiger partial charge in [-0.05, 0) is 43.1 Å². The zero-order valence-corrected chi connectivity index (χ0v) is 12.9. The van der Waals surface area contributed by atoms with Crippen molar-refractivity contribution in [2.75, 3.05) is 39.8 Å². The number of nitrogens with one attached hydrogen (secondary N) is 1. The zero-order chi connectivity index (χ0) is 13.2. The molecule has 0 spiro atoms. The van der Waals surface area contributed by atoms with E-state index in [0.29, 0.717) is 5.92 Å². The number of likely N-dealkylation sites (tertiary alicyclic amines) is 1. The van der Waals surface area contributed by atoms with Gasteiger partial charge in [-0.1, -0.05) is 28.1 Å². The molecule has 2 heterocycles. The Kier molecular flexibility index (Phi) is 4.22. The van der Waals surface area contributed by atoms with Crippen molar-refractivity contribution in [3.63, 3.8) is 0 Å². The normalized spacial score (nSPS) is 28.7. The molecule has 2 aliphatic rings. The first kappa shape index (κ1) is 13.6. The average molecular weight is 325 g/mol. The van der Waals surface area contributed by atoms with E-state index < -0.39 is 0 Å². The maximum absolute atomic E-state index is 5.81. The minimum atomic E-state index is 0.199. The van der Waals surface area contributed by atoms with Crippen LogP contribution in [0.1, 0.15) is 29.6 Å². The molecule has 2 fully saturated rings. The number of halogens is 1. The third-order valence-corrected chi connectivity index (χ3v) is 4.84. The minimum Gasteiger partial charge on any atom is -0.371 e. The Morgan fingerprint density at radius 3 is 2.95 bits per heavy atom. The summed E-state index contributed by atoms with van der Waals surface area (Å²) in [4.78, 5) is 2.40. The van der Waals surface area contributed by atoms with E-state index in [-0.39, 0.29) is 6.10 Å². The molecule has 2 atom stereocenters. The van der Waals surface area contributed by atoms with Crippen LogP contribution in [0.15, 0.2) is 22.7 Å². The summed E-state index contributed by atoms with van der Waals surface area (Å²) < 4.78 is 7.05. The summed E-state index contributed by atoms with van der Waals surface area (Å²) in [6.07, 6.45) is 1.46. The van der Waals surface area contributed by atoms with Gasteiger partial charge in [0.15, 0.2) is 0 Å². The molecule has 0 bridgehead atoms. The maximum Gasteiger partial charge on any atom is 0.0950 e. The number of nitrogens with zero attached hydrogens (tertiary/aromatic N) is 1. The van der Waals surface area contributed by atoms with E-state index in [0.717, 1.165) is 19.7 Å². The predicted octanol–water partition coefficient (Wildman–Crippen LogP) is 2.53. The summed E-state index contributed by atoms with van der Waals surface area (Å²) in [5, 5.41) is 3.38. The molecule has 0 aliphatic carbocycles. The largest absolute Gasteiger partial charge is 0.371 e. The van der Waals surface area contributed by atoms with Crippen LogP contribution < -0.4 is 5.32 Å². The average Bonchev–Trinajstić information content (AvgIpc) is 2.86. The highest BCUT2D eigenvalue weighted by Crippen LogP contribution is 2.34. The van der Waals surface area contributed by atoms with Gasteiger partial charge in [0.1, 0.15) is 0 Å². The smallest absolute Gasteiger partial charge is 0.0950 e. The summed E-state index contributed by atoms with van der Waals surface area (Å²) in [6, 6.07) is 6.75. The Bertz CT molecular complexity index is 446. The second kappa shape index (κ2) is 5.92. The lowest BCUT2D eigenvalue weighted by molar-refractivity contribution is 0.0276. The van der Waals surface area contributed by atoms with Crippen molar-refractivity contribution in [1.82, 2.24) is 10.2 Å². The summed E-state index contributed by atoms with van der Waals surface area (Å²) in [7, 11) is 2.20. The molecule has 0 radical (unpaired) electrons. The molecule has 1 aromatic rings. The van der Waals surface area contributed by atoms with Gasteiger partial charge in [-0.3, -0.25) is 0 Å². The van der Waals surface area contributed by atoms with E-state index in [1.165, 1.54) is 35.1 Å². The lowest BCUT2D eigenvalue weighted by atomic mass is 9.96. The molecule has 2 unspecified atom stereocenters. The van der Waals surface area contributed by atoms with Crippen molar-refractivity contribution < 1.29 is 4.74 Å². The third-order valence-electron chi connectivity index (χ3n) is 4.16. The molecule has 0 aromatic heterocycles. The first-order valence-electron chi connectivity index (χ1n) is 7.04. The molecule has 0 amide bonds. The molecular weight excluding hydrogens is 304 g/mol. The number of hydrogen-bond donors (Lipinski definition) is 1. The van der Waals surface area contributed by atoms with Gasteiger partial charge in [-0.15, -0.1) is 0 Å². The van der Waals surface area contributed by atoms with E-state index in [9.17, 15) is 0 Å². The lowest BCUT2D eigenvalue weighted by Gasteiger charge is -2.25. The van der Waals surface area contributed by atoms with Crippen molar-refractivity contribution in [3.05, 3.63) is 33.8 Å². The molecule has 2 aliphatic heterocycles. The summed E-state index contributed by atoms with van der Waals surface area (Å²) in [5.41, 5.74) is 2.71. The SMILES string of the molecule is CN1CCC(c2ccc(C3CNCCO3)cc2Br)C1. The molecule has 3 rings (SSSR count). The molecule has 2 saturated heterocycles. The quantitative estimate of drug-likeness (QED) is 0.904. The monoisotopic (exact) mass is 324 g/mol. The number of hydrogen-bond acceptors (Lipinski definition) is 3. The number of likely N-dealkylation sites (N-methyl/N-ethyl adjacent to an activating group) is 1. The van der Waals surface area contributed by atoms with E-state index in [1.807, 2.05) is 0 Å². The molecule has 19 heavy (non-hydrogen) atoms. The summed E-state index contributed by atoms with van der Waals surface area (Å²) >= 11 is 3.75. The molecule has 1 aromatic carbocycles. The summed E-state index contributed by atoms with van der Waals surface area (Å²) in [5.74, 6) is 0.666. The Hall–Kier alpha value is -0.420. The van der Waals surface area contributed by atoms with Gasteiger partial charge in [-0.25, -0.2) is 0 Å². The topological polar surface area (TPSA) is 24.5 Å². The first-order chi connectivity index (χ1) is 9.24. The van der Waals surface area contributed by atoms with Crippen molar-refractivity contribution in [1.29, 1.82) is 0 Å². The van der Waals surface area contributed by atoms with Gasteiger partial charge in [0.25, 0.3) is 0 Å². The van der Waals surface area contributed by atoms with Crippen LogP contribution in [0.25, 0.3) is 0 Å². The highest BCUT2D eigenvalue weighted by molar-refractivity contribution is 9.10. The predicted molar refractivity (Wildman–Crippen MR) is 80.6 cm³/mol. The van der Waals surface area contributed by atoms with Crippen LogP contribution in [0.5, 0.6) is 0 Å². The molecular formula is C15H21BrN2O. The molecule has 104 valence electrons. The fourth-order valence-electron chi connectivity index (χ4n) is 3.04. The maximum atomic E-state index is 5.81. The Morgan fingerprint density at radius 1 is 1.42 bits per heavy atom. The van der Waals surface area contributed by atoms with Crippen LogP contribution in [-0.2, 0) is 4.74 Å². The van der Waals surface area contributed by atoms with E-state index >= 15 is 0 Å². The van der Waals surface area contributed by atoms with E-state index in [1.54, 1.807) is 0 Å². The second-order valence-corrected chi connectivity index (χ2v) is 6.45. The highest BCUT2D eigenvalue weighted by atomic mass is 79.9. The Balaban J connectivity index is 1.77. The highest BCUT2D eigenvalue weighted by Gasteiger charge is 2.24. The molecule has 0 saturated carbocycles. The minimum absolute atomic E-state index is 0.199. The van der Waals surface area contributed by atoms with Gasteiger partial charge < -0.3 is 15.0 Å². The van der Waals surface area contributed by atoms with Crippen molar-refractivity contribution in [2.24, 2.45) is 0 Å². The Labute approximate surface area is 123 Å². The van der Waals surface area contributed by atoms with Crippen molar-refractivity contribution in [3.8, 4) is 0 Å². The Morgan fingerprint density at radius 2 is 2.32 bits per heavy atom. The fourth-order valence-corrected chi connectivity index (χ4v) is 3.76. The summed E-state index contributed by atoms with van der Waals surface area (Å²) in [6.45, 7) is 5.05. The fraction of sp³-hybridized carbons (Fsp3) is 0.600. The zero-order valence-electron chi connectivity index (χ0n) is 11.4. The standard InChI is InChI=1S/C15H21BrN2O/c1-18-6-4-12(10-18)13-3-2-11(8-14(13)16)15-9-17-5-7-19-15/h2-3,8,12,15,17H,4-7,9-10H2,1H3. The van der Waals surface area contributed by atoms with Gasteiger partial charge in [0, 0.05) is 24.1 Å². The number of morpholine rings is 1. The first-order valence-corrected chi connectivity index (χ1v) is 7.83. The van der Waals surface area contributed by atoms with Crippen molar-refractivity contribution >= 4 is 15.9 Å². The third kappa shape index (κ3) is 3.02. The molecule has 4 heteroatoms. The number of ether oxygens (including phenoxy) is 1. The van der Waals surface area contributed by atoms with Crippen LogP contribution in [0.2, 0.25) is 0 Å². The lowest BCUT2D eigenvalue weighted by Crippen LogP contribution is -2.33. The van der Waals surface area contributed by atoms with Crippen molar-refractivity contribution in [2.45, 2.75) is 18.4 Å². The van der Waals surface area contributed by atoms with Crippen LogP contribution >= 0.6 is 15.9 Å². The molecule has 1 N–H and O–H groups in total. The van der Waals surface area contributed by atoms with Crippen LogP contribution in [0, 0.1) is 0 Å². The van der Waals surface area contributed by atoms with Crippen LogP contribution in [0.4, 0.5) is 0 Å². The number of benzene rings is 1. The number of rotatable bonds is 2. The molecule has 3 nitrogen and oxygen atoms in total. The second-order valence-electron chi connectivity index (χ2n) is 5.59. The van der Waals surface area contributed by atoms with Crippen LogP contribution in [-0.4, -0.2) is 44.7 Å². The van der Waals surface area contributed by atoms with Crippen LogP contribution in [0.3, 0.4) is 0 Å².